The predicted octanol–water partition coefficient (Wildman–Crippen LogP) is 5.37. The molecule has 0 bridgehead atoms. The van der Waals surface area contributed by atoms with Gasteiger partial charge in [0.05, 0.1) is 24.0 Å². The van der Waals surface area contributed by atoms with Crippen molar-refractivity contribution in [2.45, 2.75) is 75.4 Å². The molecule has 200 valence electrons. The molecule has 0 aromatic heterocycles. The van der Waals surface area contributed by atoms with E-state index in [1.54, 1.807) is 11.8 Å². The molecule has 1 fully saturated rings. The smallest absolute Gasteiger partial charge is 0.161 e. The molecule has 2 aromatic carbocycles. The predicted molar refractivity (Wildman–Crippen MR) is 153 cm³/mol. The molecule has 37 heavy (non-hydrogen) atoms. The lowest BCUT2D eigenvalue weighted by Gasteiger charge is -2.43. The van der Waals surface area contributed by atoms with Gasteiger partial charge in [-0.2, -0.15) is 0 Å². The van der Waals surface area contributed by atoms with Crippen LogP contribution in [0.5, 0.6) is 0 Å². The molecule has 6 atom stereocenters. The van der Waals surface area contributed by atoms with Gasteiger partial charge in [0.25, 0.3) is 0 Å². The number of aliphatic imine (C=N–C) groups is 1. The minimum Gasteiger partial charge on any atom is -0.368 e. The number of rotatable bonds is 8. The van der Waals surface area contributed by atoms with Crippen LogP contribution in [0.2, 0.25) is 0 Å². The summed E-state index contributed by atoms with van der Waals surface area (Å²) in [6.07, 6.45) is -1.19. The first kappa shape index (κ1) is 28.0. The highest BCUT2D eigenvalue weighted by Gasteiger charge is 2.51. The number of hydrogen-bond acceptors (Lipinski definition) is 7. The molecule has 0 N–H and O–H groups in total. The van der Waals surface area contributed by atoms with Gasteiger partial charge in [-0.1, -0.05) is 72.4 Å². The normalized spacial score (nSPS) is 26.9. The van der Waals surface area contributed by atoms with E-state index in [4.69, 9.17) is 19.2 Å². The van der Waals surface area contributed by atoms with Crippen molar-refractivity contribution >= 4 is 27.7 Å². The van der Waals surface area contributed by atoms with Crippen molar-refractivity contribution in [1.82, 2.24) is 4.90 Å². The van der Waals surface area contributed by atoms with Gasteiger partial charge in [0, 0.05) is 24.3 Å². The third-order valence-corrected chi connectivity index (χ3v) is 9.39. The summed E-state index contributed by atoms with van der Waals surface area (Å²) >= 11 is 1.61. The molecular weight excluding hydrogens is 504 g/mol. The minimum atomic E-state index is -1.17. The van der Waals surface area contributed by atoms with Gasteiger partial charge in [-0.25, -0.2) is 0 Å². The summed E-state index contributed by atoms with van der Waals surface area (Å²) in [7, 11) is 2.80. The molecule has 0 spiro atoms. The molecule has 4 rings (SSSR count). The molecule has 2 aliphatic rings. The van der Waals surface area contributed by atoms with Crippen LogP contribution in [-0.2, 0) is 38.2 Å². The third-order valence-electron chi connectivity index (χ3n) is 6.30. The monoisotopic (exact) mass is 542 g/mol. The number of fused-ring (bicyclic) bond motifs is 1. The van der Waals surface area contributed by atoms with Crippen molar-refractivity contribution < 1.29 is 18.4 Å². The van der Waals surface area contributed by atoms with E-state index in [1.807, 2.05) is 101 Å². The van der Waals surface area contributed by atoms with Crippen LogP contribution in [0.1, 0.15) is 38.8 Å². The number of hydrogen-bond donors (Lipinski definition) is 0. The maximum absolute atomic E-state index is 13.0. The van der Waals surface area contributed by atoms with Gasteiger partial charge in [-0.05, 0) is 44.4 Å². The lowest BCUT2D eigenvalue weighted by Crippen LogP contribution is -2.57. The largest absolute Gasteiger partial charge is 0.368 e. The average Bonchev–Trinajstić information content (AvgIpc) is 3.31. The Labute approximate surface area is 227 Å². The van der Waals surface area contributed by atoms with E-state index in [1.165, 1.54) is 0 Å². The summed E-state index contributed by atoms with van der Waals surface area (Å²) in [5.74, 6) is 0. The van der Waals surface area contributed by atoms with Crippen molar-refractivity contribution in [3.63, 3.8) is 0 Å². The SMILES string of the molecule is C/C(=C\S(=O)C(C)(C)C)[C@H]1O[C@@H]2SC(N(C)C)=N[C@@H]2[C@@H](OCc2ccccc2)[C@@H]1OCc1ccccc1. The van der Waals surface area contributed by atoms with Crippen LogP contribution < -0.4 is 0 Å². The number of nitrogens with zero attached hydrogens (tertiary/aromatic N) is 2. The van der Waals surface area contributed by atoms with Crippen molar-refractivity contribution in [3.05, 3.63) is 82.8 Å². The zero-order chi connectivity index (χ0) is 26.6. The Morgan fingerprint density at radius 1 is 1.00 bits per heavy atom. The molecule has 2 heterocycles. The number of amidine groups is 1. The second-order valence-electron chi connectivity index (χ2n) is 10.6. The minimum absolute atomic E-state index is 0.217. The second kappa shape index (κ2) is 12.3. The van der Waals surface area contributed by atoms with Gasteiger partial charge < -0.3 is 19.1 Å². The summed E-state index contributed by atoms with van der Waals surface area (Å²) in [5, 5.41) is 2.73. The van der Waals surface area contributed by atoms with Gasteiger partial charge in [-0.3, -0.25) is 9.20 Å². The summed E-state index contributed by atoms with van der Waals surface area (Å²) in [5.41, 5.74) is 2.83. The van der Waals surface area contributed by atoms with Gasteiger partial charge in [-0.15, -0.1) is 0 Å². The van der Waals surface area contributed by atoms with E-state index in [0.717, 1.165) is 21.9 Å². The lowest BCUT2D eigenvalue weighted by molar-refractivity contribution is -0.187. The van der Waals surface area contributed by atoms with Crippen molar-refractivity contribution in [2.75, 3.05) is 14.1 Å². The maximum atomic E-state index is 13.0. The maximum Gasteiger partial charge on any atom is 0.161 e. The first-order valence-corrected chi connectivity index (χ1v) is 14.7. The second-order valence-corrected chi connectivity index (χ2v) is 13.8. The Hall–Kier alpha value is -1.97. The van der Waals surface area contributed by atoms with E-state index in [2.05, 4.69) is 12.1 Å². The quantitative estimate of drug-likeness (QED) is 0.447. The fourth-order valence-electron chi connectivity index (χ4n) is 4.23. The van der Waals surface area contributed by atoms with Crippen LogP contribution in [0.4, 0.5) is 0 Å². The van der Waals surface area contributed by atoms with E-state index in [-0.39, 0.29) is 22.3 Å². The Bertz CT molecular complexity index is 1120. The van der Waals surface area contributed by atoms with Crippen molar-refractivity contribution in [2.24, 2.45) is 4.99 Å². The Kier molecular flexibility index (Phi) is 9.29. The fraction of sp³-hybridized carbons (Fsp3) is 0.483. The molecule has 2 aliphatic heterocycles. The van der Waals surface area contributed by atoms with Gasteiger partial charge >= 0.3 is 0 Å². The van der Waals surface area contributed by atoms with Crippen LogP contribution in [0.15, 0.2) is 76.6 Å². The van der Waals surface area contributed by atoms with Gasteiger partial charge in [0.2, 0.25) is 0 Å². The standard InChI is InChI=1S/C29H38N2O4S2/c1-20(19-37(32)29(2,3)4)24-26(34-18-22-15-11-8-12-16-22)25(33-17-21-13-9-7-10-14-21)23-27(35-24)36-28(30-23)31(5)6/h7-16,19,23-27H,17-18H2,1-6H3/b20-19+/t23-,24-,25-,26-,27-,37?/m1/s1. The Morgan fingerprint density at radius 2 is 1.54 bits per heavy atom. The number of benzene rings is 2. The molecule has 1 saturated heterocycles. The van der Waals surface area contributed by atoms with Crippen LogP contribution >= 0.6 is 11.8 Å². The van der Waals surface area contributed by atoms with E-state index >= 15 is 0 Å². The summed E-state index contributed by atoms with van der Waals surface area (Å²) < 4.78 is 32.5. The topological polar surface area (TPSA) is 60.4 Å². The molecule has 6 nitrogen and oxygen atoms in total. The van der Waals surface area contributed by atoms with E-state index in [0.29, 0.717) is 13.2 Å². The molecule has 0 saturated carbocycles. The average molecular weight is 543 g/mol. The summed E-state index contributed by atoms with van der Waals surface area (Å²) in [6, 6.07) is 20.0. The lowest BCUT2D eigenvalue weighted by atomic mass is 9.94. The molecule has 2 aromatic rings. The highest BCUT2D eigenvalue weighted by molar-refractivity contribution is 8.14. The summed E-state index contributed by atoms with van der Waals surface area (Å²) in [6.45, 7) is 8.77. The van der Waals surface area contributed by atoms with Gasteiger partial charge in [0.15, 0.2) is 5.17 Å². The van der Waals surface area contributed by atoms with Crippen LogP contribution in [-0.4, -0.2) is 62.9 Å². The zero-order valence-corrected chi connectivity index (χ0v) is 24.1. The molecular formula is C29H38N2O4S2. The number of ether oxygens (including phenoxy) is 3. The fourth-order valence-corrected chi connectivity index (χ4v) is 6.18. The Balaban J connectivity index is 1.68. The van der Waals surface area contributed by atoms with Crippen LogP contribution in [0, 0.1) is 0 Å². The Morgan fingerprint density at radius 3 is 2.05 bits per heavy atom. The van der Waals surface area contributed by atoms with Gasteiger partial charge in [0.1, 0.15) is 29.8 Å². The molecule has 1 unspecified atom stereocenters. The van der Waals surface area contributed by atoms with E-state index in [9.17, 15) is 4.21 Å². The molecule has 0 radical (unpaired) electrons. The van der Waals surface area contributed by atoms with Crippen molar-refractivity contribution in [1.29, 1.82) is 0 Å². The number of thioether (sulfide) groups is 1. The van der Waals surface area contributed by atoms with Crippen molar-refractivity contribution in [3.8, 4) is 0 Å². The first-order valence-electron chi connectivity index (χ1n) is 12.6. The third kappa shape index (κ3) is 7.12. The highest BCUT2D eigenvalue weighted by Crippen LogP contribution is 2.41. The molecule has 8 heteroatoms. The van der Waals surface area contributed by atoms with Crippen LogP contribution in [0.3, 0.4) is 0 Å². The molecule has 0 amide bonds. The van der Waals surface area contributed by atoms with E-state index < -0.39 is 23.0 Å². The van der Waals surface area contributed by atoms with Crippen LogP contribution in [0.25, 0.3) is 0 Å². The summed E-state index contributed by atoms with van der Waals surface area (Å²) in [4.78, 5) is 7.01. The highest BCUT2D eigenvalue weighted by atomic mass is 32.2. The first-order chi connectivity index (χ1) is 17.6. The zero-order valence-electron chi connectivity index (χ0n) is 22.5. The molecule has 0 aliphatic carbocycles.